The Morgan fingerprint density at radius 2 is 2.31 bits per heavy atom. The highest BCUT2D eigenvalue weighted by atomic mass is 79.9. The van der Waals surface area contributed by atoms with Crippen molar-refractivity contribution in [3.8, 4) is 0 Å². The molecule has 0 amide bonds. The topological polar surface area (TPSA) is 12.0 Å². The Kier molecular flexibility index (Phi) is 5.71. The molecule has 1 aromatic carbocycles. The Bertz CT molecular complexity index is 352. The molecular weight excluding hydrogens is 269 g/mol. The van der Waals surface area contributed by atoms with Crippen LogP contribution in [0.2, 0.25) is 0 Å². The Morgan fingerprint density at radius 1 is 1.56 bits per heavy atom. The van der Waals surface area contributed by atoms with Gasteiger partial charge in [0.2, 0.25) is 0 Å². The first-order chi connectivity index (χ1) is 7.67. The van der Waals surface area contributed by atoms with Crippen molar-refractivity contribution in [3.63, 3.8) is 0 Å². The van der Waals surface area contributed by atoms with Crippen LogP contribution in [0, 0.1) is 5.82 Å². The summed E-state index contributed by atoms with van der Waals surface area (Å²) in [7, 11) is 0. The van der Waals surface area contributed by atoms with Gasteiger partial charge in [0, 0.05) is 6.04 Å². The minimum atomic E-state index is -0.215. The van der Waals surface area contributed by atoms with Crippen LogP contribution >= 0.6 is 15.9 Å². The van der Waals surface area contributed by atoms with Crippen LogP contribution in [0.15, 0.2) is 35.3 Å². The minimum absolute atomic E-state index is 0.215. The third-order valence-electron chi connectivity index (χ3n) is 2.41. The van der Waals surface area contributed by atoms with E-state index >= 15 is 0 Å². The van der Waals surface area contributed by atoms with E-state index < -0.39 is 0 Å². The molecule has 0 aliphatic carbocycles. The average Bonchev–Trinajstić information content (AvgIpc) is 2.24. The maximum Gasteiger partial charge on any atom is 0.137 e. The van der Waals surface area contributed by atoms with Crippen molar-refractivity contribution in [1.82, 2.24) is 5.32 Å². The third-order valence-corrected chi connectivity index (χ3v) is 3.02. The smallest absolute Gasteiger partial charge is 0.137 e. The summed E-state index contributed by atoms with van der Waals surface area (Å²) in [4.78, 5) is 0. The van der Waals surface area contributed by atoms with Gasteiger partial charge in [-0.3, -0.25) is 0 Å². The van der Waals surface area contributed by atoms with E-state index in [9.17, 15) is 4.39 Å². The van der Waals surface area contributed by atoms with Gasteiger partial charge in [-0.25, -0.2) is 4.39 Å². The summed E-state index contributed by atoms with van der Waals surface area (Å²) < 4.78 is 13.6. The summed E-state index contributed by atoms with van der Waals surface area (Å²) in [6, 6.07) is 5.53. The van der Waals surface area contributed by atoms with Crippen LogP contribution in [0.4, 0.5) is 4.39 Å². The molecule has 88 valence electrons. The quantitative estimate of drug-likeness (QED) is 0.786. The van der Waals surface area contributed by atoms with Gasteiger partial charge in [0.05, 0.1) is 4.47 Å². The predicted molar refractivity (Wildman–Crippen MR) is 70.1 cm³/mol. The molecule has 3 heteroatoms. The number of hydrogen-bond donors (Lipinski definition) is 1. The van der Waals surface area contributed by atoms with Crippen LogP contribution in [-0.2, 0) is 6.42 Å². The van der Waals surface area contributed by atoms with E-state index in [0.29, 0.717) is 10.5 Å². The minimum Gasteiger partial charge on any atom is -0.314 e. The zero-order valence-electron chi connectivity index (χ0n) is 9.47. The highest BCUT2D eigenvalue weighted by Gasteiger charge is 2.08. The van der Waals surface area contributed by atoms with E-state index in [2.05, 4.69) is 34.7 Å². The van der Waals surface area contributed by atoms with Crippen molar-refractivity contribution >= 4 is 15.9 Å². The molecule has 0 spiro atoms. The summed E-state index contributed by atoms with van der Waals surface area (Å²) in [6.07, 6.45) is 3.72. The molecule has 0 saturated carbocycles. The van der Waals surface area contributed by atoms with Gasteiger partial charge in [0.15, 0.2) is 0 Å². The van der Waals surface area contributed by atoms with Gasteiger partial charge in [-0.2, -0.15) is 0 Å². The lowest BCUT2D eigenvalue weighted by Gasteiger charge is -2.16. The highest BCUT2D eigenvalue weighted by Crippen LogP contribution is 2.18. The monoisotopic (exact) mass is 285 g/mol. The van der Waals surface area contributed by atoms with Gasteiger partial charge in [0.25, 0.3) is 0 Å². The second-order valence-electron chi connectivity index (χ2n) is 3.73. The van der Waals surface area contributed by atoms with E-state index in [1.807, 2.05) is 18.2 Å². The molecule has 0 aliphatic rings. The standard InChI is InChI=1S/C13H17BrFN/c1-3-5-11(16-4-2)8-10-6-7-13(15)12(14)9-10/h3,6-7,9,11,16H,1,4-5,8H2,2H3. The maximum absolute atomic E-state index is 13.1. The van der Waals surface area contributed by atoms with E-state index in [1.165, 1.54) is 6.07 Å². The number of hydrogen-bond acceptors (Lipinski definition) is 1. The van der Waals surface area contributed by atoms with E-state index in [-0.39, 0.29) is 5.82 Å². The molecule has 1 atom stereocenters. The van der Waals surface area contributed by atoms with Crippen molar-refractivity contribution in [2.45, 2.75) is 25.8 Å². The molecular formula is C13H17BrFN. The number of benzene rings is 1. The van der Waals surface area contributed by atoms with Gasteiger partial charge in [-0.15, -0.1) is 6.58 Å². The maximum atomic E-state index is 13.1. The van der Waals surface area contributed by atoms with E-state index in [1.54, 1.807) is 0 Å². The van der Waals surface area contributed by atoms with Crippen LogP contribution in [0.25, 0.3) is 0 Å². The zero-order valence-corrected chi connectivity index (χ0v) is 11.1. The second-order valence-corrected chi connectivity index (χ2v) is 4.59. The van der Waals surface area contributed by atoms with Gasteiger partial charge in [-0.05, 0) is 53.0 Å². The molecule has 1 aromatic rings. The Labute approximate surface area is 105 Å². The molecule has 1 N–H and O–H groups in total. The fourth-order valence-corrected chi connectivity index (χ4v) is 2.11. The molecule has 1 unspecified atom stereocenters. The van der Waals surface area contributed by atoms with Crippen LogP contribution in [0.5, 0.6) is 0 Å². The second kappa shape index (κ2) is 6.81. The summed E-state index contributed by atoms with van der Waals surface area (Å²) in [5.74, 6) is -0.215. The lowest BCUT2D eigenvalue weighted by Crippen LogP contribution is -2.30. The van der Waals surface area contributed by atoms with E-state index in [0.717, 1.165) is 24.9 Å². The third kappa shape index (κ3) is 4.06. The molecule has 0 heterocycles. The molecule has 0 saturated heterocycles. The molecule has 1 rings (SSSR count). The van der Waals surface area contributed by atoms with Gasteiger partial charge < -0.3 is 5.32 Å². The van der Waals surface area contributed by atoms with E-state index in [4.69, 9.17) is 0 Å². The number of likely N-dealkylation sites (N-methyl/N-ethyl adjacent to an activating group) is 1. The number of nitrogens with one attached hydrogen (secondary N) is 1. The Morgan fingerprint density at radius 3 is 2.88 bits per heavy atom. The van der Waals surface area contributed by atoms with Gasteiger partial charge in [0.1, 0.15) is 5.82 Å². The van der Waals surface area contributed by atoms with Crippen LogP contribution in [0.1, 0.15) is 18.9 Å². The normalized spacial score (nSPS) is 12.4. The Hall–Kier alpha value is -0.670. The van der Waals surface area contributed by atoms with Crippen molar-refractivity contribution in [2.24, 2.45) is 0 Å². The molecule has 0 radical (unpaired) electrons. The fourth-order valence-electron chi connectivity index (χ4n) is 1.68. The zero-order chi connectivity index (χ0) is 12.0. The SMILES string of the molecule is C=CCC(Cc1ccc(F)c(Br)c1)NCC. The number of halogens is 2. The van der Waals surface area contributed by atoms with Crippen molar-refractivity contribution < 1.29 is 4.39 Å². The lowest BCUT2D eigenvalue weighted by molar-refractivity contribution is 0.528. The van der Waals surface area contributed by atoms with Crippen molar-refractivity contribution in [1.29, 1.82) is 0 Å². The summed E-state index contributed by atoms with van der Waals surface area (Å²) in [5.41, 5.74) is 1.13. The highest BCUT2D eigenvalue weighted by molar-refractivity contribution is 9.10. The first-order valence-electron chi connectivity index (χ1n) is 5.45. The van der Waals surface area contributed by atoms with Crippen LogP contribution < -0.4 is 5.32 Å². The van der Waals surface area contributed by atoms with Gasteiger partial charge in [-0.1, -0.05) is 19.1 Å². The summed E-state index contributed by atoms with van der Waals surface area (Å²) in [6.45, 7) is 6.76. The molecule has 16 heavy (non-hydrogen) atoms. The molecule has 0 fully saturated rings. The van der Waals surface area contributed by atoms with Crippen molar-refractivity contribution in [2.75, 3.05) is 6.54 Å². The Balaban J connectivity index is 2.68. The molecule has 0 aromatic heterocycles. The fraction of sp³-hybridized carbons (Fsp3) is 0.385. The predicted octanol–water partition coefficient (Wildman–Crippen LogP) is 3.68. The summed E-state index contributed by atoms with van der Waals surface area (Å²) >= 11 is 3.20. The average molecular weight is 286 g/mol. The van der Waals surface area contributed by atoms with Crippen LogP contribution in [-0.4, -0.2) is 12.6 Å². The first kappa shape index (κ1) is 13.4. The first-order valence-corrected chi connectivity index (χ1v) is 6.24. The summed E-state index contributed by atoms with van der Waals surface area (Å²) in [5, 5.41) is 3.39. The molecule has 0 aliphatic heterocycles. The van der Waals surface area contributed by atoms with Gasteiger partial charge >= 0.3 is 0 Å². The largest absolute Gasteiger partial charge is 0.314 e. The van der Waals surface area contributed by atoms with Crippen LogP contribution in [0.3, 0.4) is 0 Å². The number of rotatable bonds is 6. The molecule has 0 bridgehead atoms. The lowest BCUT2D eigenvalue weighted by atomic mass is 10.0. The van der Waals surface area contributed by atoms with Crippen molar-refractivity contribution in [3.05, 3.63) is 46.7 Å². The molecule has 1 nitrogen and oxygen atoms in total.